The molecule has 0 heterocycles. The molecule has 5 heteroatoms. The van der Waals surface area contributed by atoms with Crippen LogP contribution >= 0.6 is 12.4 Å². The maximum Gasteiger partial charge on any atom is 0.338 e. The van der Waals surface area contributed by atoms with Crippen molar-refractivity contribution in [3.8, 4) is 5.75 Å². The van der Waals surface area contributed by atoms with Crippen molar-refractivity contribution in [1.29, 1.82) is 0 Å². The van der Waals surface area contributed by atoms with Crippen LogP contribution in [0.1, 0.15) is 15.9 Å². The van der Waals surface area contributed by atoms with Crippen LogP contribution in [0, 0.1) is 6.92 Å². The van der Waals surface area contributed by atoms with E-state index in [1.807, 2.05) is 0 Å². The zero-order valence-corrected chi connectivity index (χ0v) is 8.76. The summed E-state index contributed by atoms with van der Waals surface area (Å²) in [5.41, 5.74) is 1.14. The molecule has 0 amide bonds. The van der Waals surface area contributed by atoms with Gasteiger partial charge in [-0.15, -0.1) is 12.4 Å². The molecule has 1 aromatic carbocycles. The minimum Gasteiger partial charge on any atom is -0.465 e. The molecule has 78 valence electrons. The number of ether oxygens (including phenoxy) is 1. The number of hydrogen-bond donors (Lipinski definition) is 1. The number of nitrogens with two attached hydrogens (primary N) is 1. The van der Waals surface area contributed by atoms with Crippen molar-refractivity contribution in [2.24, 2.45) is 5.90 Å². The fourth-order valence-corrected chi connectivity index (χ4v) is 1.07. The van der Waals surface area contributed by atoms with Crippen molar-refractivity contribution in [3.05, 3.63) is 29.3 Å². The number of hydrogen-bond acceptors (Lipinski definition) is 4. The summed E-state index contributed by atoms with van der Waals surface area (Å²) in [7, 11) is 1.33. The second-order valence-corrected chi connectivity index (χ2v) is 2.54. The maximum atomic E-state index is 11.2. The molecule has 14 heavy (non-hydrogen) atoms. The van der Waals surface area contributed by atoms with Crippen LogP contribution in [0.15, 0.2) is 18.2 Å². The van der Waals surface area contributed by atoms with E-state index in [0.717, 1.165) is 0 Å². The van der Waals surface area contributed by atoms with Crippen LogP contribution in [0.5, 0.6) is 5.75 Å². The van der Waals surface area contributed by atoms with Crippen molar-refractivity contribution >= 4 is 18.4 Å². The molecule has 1 aromatic rings. The zero-order valence-electron chi connectivity index (χ0n) is 7.94. The summed E-state index contributed by atoms with van der Waals surface area (Å²) >= 11 is 0. The van der Waals surface area contributed by atoms with Gasteiger partial charge in [-0.05, 0) is 19.1 Å². The van der Waals surface area contributed by atoms with Gasteiger partial charge in [-0.2, -0.15) is 5.90 Å². The number of carbonyl (C=O) groups is 1. The standard InChI is InChI=1S/C9H11NO3.ClH/c1-6-7(9(11)12-2)4-3-5-8(6)13-10;/h3-5H,10H2,1-2H3;1H. The first-order valence-electron chi connectivity index (χ1n) is 3.75. The topological polar surface area (TPSA) is 61.5 Å². The van der Waals surface area contributed by atoms with Crippen molar-refractivity contribution in [1.82, 2.24) is 0 Å². The monoisotopic (exact) mass is 217 g/mol. The summed E-state index contributed by atoms with van der Waals surface area (Å²) in [5, 5.41) is 0. The van der Waals surface area contributed by atoms with Gasteiger partial charge in [0.25, 0.3) is 0 Å². The first-order valence-corrected chi connectivity index (χ1v) is 3.75. The Labute approximate surface area is 88.4 Å². The molecular weight excluding hydrogens is 206 g/mol. The number of esters is 1. The van der Waals surface area contributed by atoms with Gasteiger partial charge in [0.2, 0.25) is 0 Å². The van der Waals surface area contributed by atoms with Gasteiger partial charge in [0.05, 0.1) is 12.7 Å². The quantitative estimate of drug-likeness (QED) is 0.602. The van der Waals surface area contributed by atoms with E-state index >= 15 is 0 Å². The highest BCUT2D eigenvalue weighted by Crippen LogP contribution is 2.20. The van der Waals surface area contributed by atoms with E-state index in [9.17, 15) is 4.79 Å². The molecule has 0 unspecified atom stereocenters. The lowest BCUT2D eigenvalue weighted by Gasteiger charge is -2.06. The van der Waals surface area contributed by atoms with Crippen LogP contribution in [0.3, 0.4) is 0 Å². The Morgan fingerprint density at radius 1 is 1.43 bits per heavy atom. The van der Waals surface area contributed by atoms with Crippen molar-refractivity contribution in [2.45, 2.75) is 6.92 Å². The fourth-order valence-electron chi connectivity index (χ4n) is 1.07. The van der Waals surface area contributed by atoms with Crippen LogP contribution in [0.25, 0.3) is 0 Å². The summed E-state index contributed by atoms with van der Waals surface area (Å²) in [4.78, 5) is 15.8. The van der Waals surface area contributed by atoms with Gasteiger partial charge >= 0.3 is 5.97 Å². The average molecular weight is 218 g/mol. The number of benzene rings is 1. The highest BCUT2D eigenvalue weighted by atomic mass is 35.5. The third kappa shape index (κ3) is 2.37. The number of methoxy groups -OCH3 is 1. The van der Waals surface area contributed by atoms with Crippen LogP contribution in [-0.2, 0) is 4.74 Å². The molecule has 0 saturated carbocycles. The van der Waals surface area contributed by atoms with Crippen molar-refractivity contribution < 1.29 is 14.4 Å². The molecule has 0 fully saturated rings. The predicted octanol–water partition coefficient (Wildman–Crippen LogP) is 1.46. The van der Waals surface area contributed by atoms with E-state index in [0.29, 0.717) is 16.9 Å². The van der Waals surface area contributed by atoms with Crippen LogP contribution in [0.2, 0.25) is 0 Å². The van der Waals surface area contributed by atoms with E-state index in [1.165, 1.54) is 7.11 Å². The lowest BCUT2D eigenvalue weighted by atomic mass is 10.1. The third-order valence-electron chi connectivity index (χ3n) is 1.82. The minimum atomic E-state index is -0.392. The summed E-state index contributed by atoms with van der Waals surface area (Å²) in [5.74, 6) is 5.09. The summed E-state index contributed by atoms with van der Waals surface area (Å²) in [6.45, 7) is 1.74. The molecule has 4 nitrogen and oxygen atoms in total. The summed E-state index contributed by atoms with van der Waals surface area (Å²) < 4.78 is 4.58. The van der Waals surface area contributed by atoms with Gasteiger partial charge < -0.3 is 9.57 Å². The molecule has 0 atom stereocenters. The summed E-state index contributed by atoms with van der Waals surface area (Å²) in [6.07, 6.45) is 0. The SMILES string of the molecule is COC(=O)c1cccc(ON)c1C.Cl. The summed E-state index contributed by atoms with van der Waals surface area (Å²) in [6, 6.07) is 5.02. The molecule has 0 saturated heterocycles. The smallest absolute Gasteiger partial charge is 0.338 e. The van der Waals surface area contributed by atoms with Crippen molar-refractivity contribution in [2.75, 3.05) is 7.11 Å². The highest BCUT2D eigenvalue weighted by Gasteiger charge is 2.11. The highest BCUT2D eigenvalue weighted by molar-refractivity contribution is 5.91. The van der Waals surface area contributed by atoms with Crippen LogP contribution in [-0.4, -0.2) is 13.1 Å². The van der Waals surface area contributed by atoms with Gasteiger partial charge in [0, 0.05) is 5.56 Å². The number of carbonyl (C=O) groups excluding carboxylic acids is 1. The average Bonchev–Trinajstić information content (AvgIpc) is 2.17. The van der Waals surface area contributed by atoms with E-state index in [1.54, 1.807) is 25.1 Å². The first-order chi connectivity index (χ1) is 6.20. The lowest BCUT2D eigenvalue weighted by molar-refractivity contribution is 0.0599. The van der Waals surface area contributed by atoms with E-state index in [2.05, 4.69) is 9.57 Å². The van der Waals surface area contributed by atoms with Gasteiger partial charge in [0.15, 0.2) is 5.75 Å². The van der Waals surface area contributed by atoms with Gasteiger partial charge in [-0.25, -0.2) is 4.79 Å². The molecule has 0 aromatic heterocycles. The molecular formula is C9H12ClNO3. The van der Waals surface area contributed by atoms with Crippen LogP contribution < -0.4 is 10.7 Å². The number of halogens is 1. The molecule has 0 aliphatic heterocycles. The molecule has 0 aliphatic carbocycles. The zero-order chi connectivity index (χ0) is 9.84. The minimum absolute atomic E-state index is 0. The Morgan fingerprint density at radius 3 is 2.57 bits per heavy atom. The molecule has 0 radical (unpaired) electrons. The van der Waals surface area contributed by atoms with Crippen LogP contribution in [0.4, 0.5) is 0 Å². The molecule has 0 aliphatic rings. The first kappa shape index (κ1) is 12.7. The van der Waals surface area contributed by atoms with E-state index < -0.39 is 5.97 Å². The second kappa shape index (κ2) is 5.47. The van der Waals surface area contributed by atoms with Gasteiger partial charge in [-0.1, -0.05) is 6.07 Å². The molecule has 0 spiro atoms. The Balaban J connectivity index is 0.00000169. The third-order valence-corrected chi connectivity index (χ3v) is 1.82. The molecule has 1 rings (SSSR count). The van der Waals surface area contributed by atoms with Crippen molar-refractivity contribution in [3.63, 3.8) is 0 Å². The normalized spacial score (nSPS) is 8.79. The second-order valence-electron chi connectivity index (χ2n) is 2.54. The Hall–Kier alpha value is -1.26. The fraction of sp³-hybridized carbons (Fsp3) is 0.222. The Bertz CT molecular complexity index is 328. The Kier molecular flexibility index (Phi) is 4.97. The molecule has 0 bridgehead atoms. The van der Waals surface area contributed by atoms with Gasteiger partial charge in [0.1, 0.15) is 0 Å². The maximum absolute atomic E-state index is 11.2. The molecule has 2 N–H and O–H groups in total. The van der Waals surface area contributed by atoms with E-state index in [-0.39, 0.29) is 12.4 Å². The predicted molar refractivity (Wildman–Crippen MR) is 54.6 cm³/mol. The Morgan fingerprint density at radius 2 is 2.07 bits per heavy atom. The largest absolute Gasteiger partial charge is 0.465 e. The lowest BCUT2D eigenvalue weighted by Crippen LogP contribution is -2.08. The van der Waals surface area contributed by atoms with E-state index in [4.69, 9.17) is 5.90 Å². The number of rotatable bonds is 2. The van der Waals surface area contributed by atoms with Gasteiger partial charge in [-0.3, -0.25) is 0 Å².